The normalized spacial score (nSPS) is 21.5. The lowest BCUT2D eigenvalue weighted by molar-refractivity contribution is -0.0554. The summed E-state index contributed by atoms with van der Waals surface area (Å²) in [7, 11) is 0. The topological polar surface area (TPSA) is 119 Å². The Labute approximate surface area is 155 Å². The zero-order valence-electron chi connectivity index (χ0n) is 14.9. The van der Waals surface area contributed by atoms with Gasteiger partial charge in [0.2, 0.25) is 0 Å². The zero-order valence-corrected chi connectivity index (χ0v) is 14.9. The summed E-state index contributed by atoms with van der Waals surface area (Å²) in [6.45, 7) is 1.93. The number of nitrogens with zero attached hydrogens (tertiary/aromatic N) is 2. The molecule has 0 aliphatic heterocycles. The van der Waals surface area contributed by atoms with Gasteiger partial charge in [0.25, 0.3) is 11.8 Å². The first kappa shape index (κ1) is 19.0. The molecule has 144 valence electrons. The zero-order chi connectivity index (χ0) is 19.6. The van der Waals surface area contributed by atoms with E-state index in [4.69, 9.17) is 11.5 Å². The lowest BCUT2D eigenvalue weighted by atomic mass is 9.87. The number of nitrogens with two attached hydrogens (primary N) is 2. The molecule has 0 radical (unpaired) electrons. The molecule has 1 aromatic carbocycles. The molecule has 6 N–H and O–H groups in total. The highest BCUT2D eigenvalue weighted by atomic mass is 19.3. The fraction of sp³-hybridized carbons (Fsp3) is 0.389. The van der Waals surface area contributed by atoms with E-state index in [1.54, 1.807) is 6.07 Å². The van der Waals surface area contributed by atoms with Crippen LogP contribution in [0.3, 0.4) is 0 Å². The third kappa shape index (κ3) is 4.30. The number of aromatic nitrogens is 2. The SMILES string of the molecule is Cc1cccc(Nc2nc(NC3CCCC(F)(F)C3N)cnc2C(N)=O)c1. The van der Waals surface area contributed by atoms with Gasteiger partial charge in [-0.05, 0) is 37.5 Å². The predicted octanol–water partition coefficient (Wildman–Crippen LogP) is 2.55. The van der Waals surface area contributed by atoms with E-state index in [-0.39, 0.29) is 23.8 Å². The number of amides is 1. The lowest BCUT2D eigenvalue weighted by Crippen LogP contribution is -2.55. The standard InChI is InChI=1S/C18H22F2N6O/c1-10-4-2-5-11(8-10)24-17-14(16(22)27)23-9-13(26-17)25-12-6-3-7-18(19,20)15(12)21/h2,4-5,8-9,12,15H,3,6-7,21H2,1H3,(H2,22,27)(H2,24,25,26). The predicted molar refractivity (Wildman–Crippen MR) is 99.2 cm³/mol. The molecule has 27 heavy (non-hydrogen) atoms. The van der Waals surface area contributed by atoms with Crippen molar-refractivity contribution in [2.75, 3.05) is 10.6 Å². The molecule has 0 spiro atoms. The van der Waals surface area contributed by atoms with Crippen molar-refractivity contribution < 1.29 is 13.6 Å². The Hall–Kier alpha value is -2.81. The molecule has 2 aromatic rings. The maximum Gasteiger partial charge on any atom is 0.271 e. The Kier molecular flexibility index (Phi) is 5.22. The van der Waals surface area contributed by atoms with E-state index in [2.05, 4.69) is 20.6 Å². The number of anilines is 3. The smallest absolute Gasteiger partial charge is 0.271 e. The fourth-order valence-corrected chi connectivity index (χ4v) is 3.14. The molecule has 2 atom stereocenters. The molecule has 1 amide bonds. The Bertz CT molecular complexity index is 844. The van der Waals surface area contributed by atoms with Crippen LogP contribution in [-0.4, -0.2) is 33.9 Å². The third-order valence-electron chi connectivity index (χ3n) is 4.57. The largest absolute Gasteiger partial charge is 0.364 e. The molecule has 3 rings (SSSR count). The van der Waals surface area contributed by atoms with E-state index in [1.807, 2.05) is 25.1 Å². The van der Waals surface area contributed by atoms with Gasteiger partial charge in [0.05, 0.1) is 12.2 Å². The number of carbonyl (C=O) groups is 1. The van der Waals surface area contributed by atoms with E-state index < -0.39 is 23.9 Å². The molecular formula is C18H22F2N6O. The average molecular weight is 376 g/mol. The second kappa shape index (κ2) is 7.43. The molecule has 1 aliphatic carbocycles. The first-order valence-electron chi connectivity index (χ1n) is 8.67. The minimum atomic E-state index is -2.93. The third-order valence-corrected chi connectivity index (χ3v) is 4.57. The Morgan fingerprint density at radius 3 is 2.85 bits per heavy atom. The minimum Gasteiger partial charge on any atom is -0.364 e. The summed E-state index contributed by atoms with van der Waals surface area (Å²) in [6.07, 6.45) is 1.93. The number of rotatable bonds is 5. The molecule has 9 heteroatoms. The van der Waals surface area contributed by atoms with Crippen molar-refractivity contribution in [2.24, 2.45) is 11.5 Å². The summed E-state index contributed by atoms with van der Waals surface area (Å²) >= 11 is 0. The molecule has 0 bridgehead atoms. The van der Waals surface area contributed by atoms with Gasteiger partial charge in [0, 0.05) is 18.2 Å². The first-order valence-corrected chi connectivity index (χ1v) is 8.67. The second-order valence-corrected chi connectivity index (χ2v) is 6.74. The van der Waals surface area contributed by atoms with Crippen molar-refractivity contribution in [2.45, 2.75) is 44.2 Å². The van der Waals surface area contributed by atoms with Gasteiger partial charge in [-0.2, -0.15) is 0 Å². The van der Waals surface area contributed by atoms with Crippen molar-refractivity contribution in [3.8, 4) is 0 Å². The Morgan fingerprint density at radius 2 is 2.15 bits per heavy atom. The maximum atomic E-state index is 13.9. The van der Waals surface area contributed by atoms with Gasteiger partial charge in [-0.3, -0.25) is 4.79 Å². The van der Waals surface area contributed by atoms with E-state index in [0.717, 1.165) is 5.56 Å². The van der Waals surface area contributed by atoms with Gasteiger partial charge in [0.1, 0.15) is 5.82 Å². The molecule has 1 aliphatic rings. The number of benzene rings is 1. The first-order chi connectivity index (χ1) is 12.8. The highest BCUT2D eigenvalue weighted by molar-refractivity contribution is 5.96. The number of aryl methyl sites for hydroxylation is 1. The van der Waals surface area contributed by atoms with Crippen LogP contribution in [0, 0.1) is 6.92 Å². The van der Waals surface area contributed by atoms with Crippen molar-refractivity contribution in [1.82, 2.24) is 9.97 Å². The van der Waals surface area contributed by atoms with Gasteiger partial charge in [-0.25, -0.2) is 18.7 Å². The number of primary amides is 1. The average Bonchev–Trinajstić information content (AvgIpc) is 2.59. The van der Waals surface area contributed by atoms with Gasteiger partial charge in [0.15, 0.2) is 11.5 Å². The van der Waals surface area contributed by atoms with Crippen LogP contribution in [0.2, 0.25) is 0 Å². The lowest BCUT2D eigenvalue weighted by Gasteiger charge is -2.36. The maximum absolute atomic E-state index is 13.9. The summed E-state index contributed by atoms with van der Waals surface area (Å²) in [5.41, 5.74) is 12.7. The monoisotopic (exact) mass is 376 g/mol. The molecule has 2 unspecified atom stereocenters. The van der Waals surface area contributed by atoms with E-state index in [9.17, 15) is 13.6 Å². The Morgan fingerprint density at radius 1 is 1.37 bits per heavy atom. The molecular weight excluding hydrogens is 354 g/mol. The number of hydrogen-bond acceptors (Lipinski definition) is 6. The highest BCUT2D eigenvalue weighted by Gasteiger charge is 2.44. The van der Waals surface area contributed by atoms with Crippen LogP contribution in [0.4, 0.5) is 26.1 Å². The number of hydrogen-bond donors (Lipinski definition) is 4. The van der Waals surface area contributed by atoms with E-state index in [0.29, 0.717) is 18.5 Å². The summed E-state index contributed by atoms with van der Waals surface area (Å²) in [4.78, 5) is 20.0. The van der Waals surface area contributed by atoms with Crippen LogP contribution < -0.4 is 22.1 Å². The van der Waals surface area contributed by atoms with Crippen LogP contribution in [0.1, 0.15) is 35.3 Å². The number of nitrogens with one attached hydrogen (secondary N) is 2. The Balaban J connectivity index is 1.86. The van der Waals surface area contributed by atoms with Crippen LogP contribution in [0.15, 0.2) is 30.5 Å². The van der Waals surface area contributed by atoms with Crippen LogP contribution in [0.25, 0.3) is 0 Å². The molecule has 0 saturated heterocycles. The summed E-state index contributed by atoms with van der Waals surface area (Å²) in [6, 6.07) is 5.47. The van der Waals surface area contributed by atoms with Crippen LogP contribution in [0.5, 0.6) is 0 Å². The quantitative estimate of drug-likeness (QED) is 0.637. The van der Waals surface area contributed by atoms with Crippen molar-refractivity contribution in [1.29, 1.82) is 0 Å². The summed E-state index contributed by atoms with van der Waals surface area (Å²) in [5.74, 6) is -3.29. The van der Waals surface area contributed by atoms with Gasteiger partial charge >= 0.3 is 0 Å². The fourth-order valence-electron chi connectivity index (χ4n) is 3.14. The van der Waals surface area contributed by atoms with Crippen LogP contribution >= 0.6 is 0 Å². The minimum absolute atomic E-state index is 0.0414. The number of halogens is 2. The summed E-state index contributed by atoms with van der Waals surface area (Å²) in [5, 5.41) is 5.93. The number of alkyl halides is 2. The second-order valence-electron chi connectivity index (χ2n) is 6.74. The van der Waals surface area contributed by atoms with Crippen molar-refractivity contribution in [3.63, 3.8) is 0 Å². The van der Waals surface area contributed by atoms with Crippen molar-refractivity contribution in [3.05, 3.63) is 41.7 Å². The number of carbonyl (C=O) groups excluding carboxylic acids is 1. The van der Waals surface area contributed by atoms with Gasteiger partial charge in [-0.15, -0.1) is 0 Å². The van der Waals surface area contributed by atoms with E-state index in [1.165, 1.54) is 6.20 Å². The molecule has 1 aromatic heterocycles. The molecule has 1 saturated carbocycles. The highest BCUT2D eigenvalue weighted by Crippen LogP contribution is 2.33. The van der Waals surface area contributed by atoms with Gasteiger partial charge in [-0.1, -0.05) is 12.1 Å². The molecule has 1 fully saturated rings. The van der Waals surface area contributed by atoms with Gasteiger partial charge < -0.3 is 22.1 Å². The van der Waals surface area contributed by atoms with Crippen molar-refractivity contribution >= 4 is 23.2 Å². The molecule has 7 nitrogen and oxygen atoms in total. The summed E-state index contributed by atoms with van der Waals surface area (Å²) < 4.78 is 27.7. The van der Waals surface area contributed by atoms with E-state index >= 15 is 0 Å². The van der Waals surface area contributed by atoms with Crippen LogP contribution in [-0.2, 0) is 0 Å². The molecule has 1 heterocycles.